The van der Waals surface area contributed by atoms with Crippen LogP contribution in [0.25, 0.3) is 11.3 Å². The van der Waals surface area contributed by atoms with Gasteiger partial charge in [0.05, 0.1) is 37.3 Å². The predicted octanol–water partition coefficient (Wildman–Crippen LogP) is 7.82. The van der Waals surface area contributed by atoms with Gasteiger partial charge in [-0.2, -0.15) is 14.0 Å². The molecule has 4 atom stereocenters. The Balaban J connectivity index is 0.981. The zero-order valence-electron chi connectivity index (χ0n) is 43.3. The Morgan fingerprint density at radius 3 is 2.29 bits per heavy atom. The molecule has 5 aliphatic rings. The highest BCUT2D eigenvalue weighted by Crippen LogP contribution is 2.39. The number of phenolic OH excluding ortho intramolecular Hbond substituents is 1. The number of halogens is 2. The van der Waals surface area contributed by atoms with Crippen molar-refractivity contribution in [3.05, 3.63) is 136 Å². The molecule has 394 valence electrons. The van der Waals surface area contributed by atoms with Crippen molar-refractivity contribution in [3.63, 3.8) is 0 Å². The fraction of sp³-hybridized carbons (Fsp3) is 0.458. The van der Waals surface area contributed by atoms with Gasteiger partial charge in [-0.25, -0.2) is 4.90 Å². The molecule has 1 aromatic heterocycles. The number of hydrogen-bond donors (Lipinski definition) is 1. The molecule has 0 aliphatic carbocycles. The Labute approximate surface area is 438 Å². The molecule has 0 saturated carbocycles. The molecule has 1 N–H and O–H groups in total. The van der Waals surface area contributed by atoms with Gasteiger partial charge < -0.3 is 38.7 Å². The van der Waals surface area contributed by atoms with Crippen molar-refractivity contribution in [2.75, 3.05) is 70.5 Å². The number of nitrogens with zero attached hydrogens (tertiary/aromatic N) is 8. The van der Waals surface area contributed by atoms with Crippen LogP contribution in [0.5, 0.6) is 11.5 Å². The lowest BCUT2D eigenvalue weighted by Crippen LogP contribution is -2.51. The number of amides is 3. The second-order valence-electron chi connectivity index (χ2n) is 21.0. The first-order valence-corrected chi connectivity index (χ1v) is 26.6. The van der Waals surface area contributed by atoms with Gasteiger partial charge in [0.15, 0.2) is 0 Å². The van der Waals surface area contributed by atoms with Crippen molar-refractivity contribution in [2.24, 2.45) is 7.05 Å². The van der Waals surface area contributed by atoms with E-state index in [4.69, 9.17) is 9.47 Å². The largest absolute Gasteiger partial charge is 0.508 e. The second kappa shape index (κ2) is 22.7. The summed E-state index contributed by atoms with van der Waals surface area (Å²) in [5, 5.41) is 20.3. The predicted molar refractivity (Wildman–Crippen MR) is 282 cm³/mol. The third-order valence-electron chi connectivity index (χ3n) is 16.5. The molecule has 0 radical (unpaired) electrons. The smallest absolute Gasteiger partial charge is 0.296 e. The van der Waals surface area contributed by atoms with Crippen LogP contribution in [-0.4, -0.2) is 148 Å². The molecule has 5 aromatic rings. The molecule has 0 bridgehead atoms. The fourth-order valence-electron chi connectivity index (χ4n) is 12.1. The average molecular weight is 1020 g/mol. The number of phenols is 1. The van der Waals surface area contributed by atoms with Crippen LogP contribution in [0, 0.1) is 18.3 Å². The average Bonchev–Trinajstić information content (AvgIpc) is 3.95. The number of rotatable bonds is 14. The highest BCUT2D eigenvalue weighted by atomic mass is 19.3. The molecule has 75 heavy (non-hydrogen) atoms. The maximum Gasteiger partial charge on any atom is 0.296 e. The number of alkyl halides is 2. The van der Waals surface area contributed by atoms with Crippen LogP contribution in [0.1, 0.15) is 86.8 Å². The molecule has 3 saturated heterocycles. The van der Waals surface area contributed by atoms with Crippen molar-refractivity contribution in [3.8, 4) is 28.8 Å². The topological polar surface area (TPSA) is 138 Å². The maximum atomic E-state index is 15.8. The summed E-state index contributed by atoms with van der Waals surface area (Å²) < 4.78 is 42.5. The van der Waals surface area contributed by atoms with E-state index in [2.05, 4.69) is 34.1 Å². The summed E-state index contributed by atoms with van der Waals surface area (Å²) in [5.74, 6) is 0.137. The fourth-order valence-corrected chi connectivity index (χ4v) is 12.1. The number of fused-ring (bicyclic) bond motifs is 2. The molecular weight excluding hydrogens is 955 g/mol. The number of likely N-dealkylation sites (tertiary alicyclic amines) is 2. The zero-order valence-corrected chi connectivity index (χ0v) is 43.3. The minimum absolute atomic E-state index is 0.00871. The van der Waals surface area contributed by atoms with E-state index < -0.39 is 30.6 Å². The standard InChI is InChI=1S/C59H68F2N8O6/c1-39-51(58(73)69(46-13-15-49(70)16-14-46)54-33-47(35-62)68(40(54)2)59(60)61)34-55(63(39)3)52-31-43-19-22-66(56(71)29-41-11-17-50(18-12-41)75-28-25-64-23-26-74-27-24-64)36-45(43)32-53(52)57(72)67-37-44-10-6-5-9-42(44)30-48(67)38-65-20-7-4-8-21-65/h5-6,9-18,31-32,34,40,47-48,54,59,70H,4,7-8,19-30,33,36-38H2,1-3H3/t40?,47?,48-,54?/m0/s1. The maximum absolute atomic E-state index is 15.8. The number of carbonyl (C=O) groups excluding carboxylic acids is 3. The number of aromatic nitrogens is 1. The number of anilines is 1. The van der Waals surface area contributed by atoms with Gasteiger partial charge in [-0.1, -0.05) is 42.8 Å². The number of aromatic hydroxyl groups is 1. The van der Waals surface area contributed by atoms with Gasteiger partial charge in [0, 0.05) is 93.1 Å². The van der Waals surface area contributed by atoms with E-state index >= 15 is 9.59 Å². The van der Waals surface area contributed by atoms with Crippen LogP contribution >= 0.6 is 0 Å². The summed E-state index contributed by atoms with van der Waals surface area (Å²) in [5.41, 5.74) is 8.19. The molecule has 4 aromatic carbocycles. The molecule has 3 unspecified atom stereocenters. The Kier molecular flexibility index (Phi) is 15.7. The van der Waals surface area contributed by atoms with Crippen LogP contribution in [0.2, 0.25) is 0 Å². The van der Waals surface area contributed by atoms with Gasteiger partial charge in [0.1, 0.15) is 24.1 Å². The number of nitriles is 1. The number of hydrogen-bond acceptors (Lipinski definition) is 10. The number of benzene rings is 4. The highest BCUT2D eigenvalue weighted by Gasteiger charge is 2.48. The van der Waals surface area contributed by atoms with Crippen molar-refractivity contribution in [1.82, 2.24) is 29.1 Å². The molecule has 0 spiro atoms. The number of ether oxygens (including phenoxy) is 2. The quantitative estimate of drug-likeness (QED) is 0.110. The van der Waals surface area contributed by atoms with E-state index in [1.165, 1.54) is 29.0 Å². The summed E-state index contributed by atoms with van der Waals surface area (Å²) in [7, 11) is 1.86. The molecule has 6 heterocycles. The van der Waals surface area contributed by atoms with Crippen LogP contribution in [0.15, 0.2) is 91.0 Å². The summed E-state index contributed by atoms with van der Waals surface area (Å²) in [6.07, 6.45) is 4.92. The van der Waals surface area contributed by atoms with Crippen LogP contribution < -0.4 is 9.64 Å². The lowest BCUT2D eigenvalue weighted by molar-refractivity contribution is -0.131. The van der Waals surface area contributed by atoms with E-state index in [9.17, 15) is 23.9 Å². The number of morpholine rings is 1. The first-order valence-electron chi connectivity index (χ1n) is 26.6. The summed E-state index contributed by atoms with van der Waals surface area (Å²) in [6, 6.07) is 27.1. The lowest BCUT2D eigenvalue weighted by Gasteiger charge is -2.41. The number of carbonyl (C=O) groups is 3. The number of piperidine rings is 1. The molecule has 10 rings (SSSR count). The van der Waals surface area contributed by atoms with E-state index in [1.54, 1.807) is 25.1 Å². The molecular formula is C59H68F2N8O6. The van der Waals surface area contributed by atoms with E-state index in [0.29, 0.717) is 72.8 Å². The second-order valence-corrected chi connectivity index (χ2v) is 21.0. The summed E-state index contributed by atoms with van der Waals surface area (Å²) in [6.45, 7) is 9.16. The van der Waals surface area contributed by atoms with Crippen molar-refractivity contribution >= 4 is 23.4 Å². The summed E-state index contributed by atoms with van der Waals surface area (Å²) >= 11 is 0. The van der Waals surface area contributed by atoms with Gasteiger partial charge in [-0.3, -0.25) is 19.3 Å². The molecule has 3 fully saturated rings. The monoisotopic (exact) mass is 1020 g/mol. The molecule has 14 nitrogen and oxygen atoms in total. The van der Waals surface area contributed by atoms with Gasteiger partial charge in [0.25, 0.3) is 18.4 Å². The Morgan fingerprint density at radius 1 is 0.853 bits per heavy atom. The first-order chi connectivity index (χ1) is 36.3. The van der Waals surface area contributed by atoms with Crippen LogP contribution in [-0.2, 0) is 48.9 Å². The van der Waals surface area contributed by atoms with Crippen molar-refractivity contribution in [2.45, 2.75) is 103 Å². The van der Waals surface area contributed by atoms with Crippen molar-refractivity contribution < 1.29 is 37.7 Å². The minimum Gasteiger partial charge on any atom is -0.508 e. The highest BCUT2D eigenvalue weighted by molar-refractivity contribution is 6.09. The third-order valence-corrected chi connectivity index (χ3v) is 16.5. The third kappa shape index (κ3) is 11.1. The van der Waals surface area contributed by atoms with Crippen LogP contribution in [0.4, 0.5) is 14.5 Å². The summed E-state index contributed by atoms with van der Waals surface area (Å²) in [4.78, 5) is 56.2. The molecule has 16 heteroatoms. The SMILES string of the molecule is Cc1c(C(=O)N(c2ccc(O)cc2)C2CC(C#N)N(C(F)F)C2C)cc(-c2cc3c(cc2C(=O)N2Cc4ccccc4C[C@H]2CN2CCCCC2)CN(C(=O)Cc2ccc(OCCN4CCOCC4)cc2)CC3)n1C. The minimum atomic E-state index is -2.91. The Morgan fingerprint density at radius 2 is 1.59 bits per heavy atom. The van der Waals surface area contributed by atoms with Gasteiger partial charge in [0.2, 0.25) is 5.91 Å². The molecule has 3 amide bonds. The van der Waals surface area contributed by atoms with Gasteiger partial charge in [-0.05, 0) is 141 Å². The Hall–Kier alpha value is -6.64. The van der Waals surface area contributed by atoms with Crippen LogP contribution in [0.3, 0.4) is 0 Å². The normalized spacial score (nSPS) is 21.4. The van der Waals surface area contributed by atoms with E-state index in [-0.39, 0.29) is 36.4 Å². The van der Waals surface area contributed by atoms with Gasteiger partial charge in [-0.15, -0.1) is 0 Å². The van der Waals surface area contributed by atoms with E-state index in [0.717, 1.165) is 98.2 Å². The Bertz CT molecular complexity index is 2910. The van der Waals surface area contributed by atoms with E-state index in [1.807, 2.05) is 70.8 Å². The lowest BCUT2D eigenvalue weighted by atomic mass is 9.89. The molecule has 5 aliphatic heterocycles. The zero-order chi connectivity index (χ0) is 52.3. The van der Waals surface area contributed by atoms with Gasteiger partial charge >= 0.3 is 0 Å². The van der Waals surface area contributed by atoms with Crippen molar-refractivity contribution in [1.29, 1.82) is 5.26 Å². The first kappa shape index (κ1) is 51.8.